The minimum atomic E-state index is -0.221. The molecule has 102 valence electrons. The fraction of sp³-hybridized carbons (Fsp3) is 0.500. The van der Waals surface area contributed by atoms with E-state index in [1.54, 1.807) is 11.8 Å². The first kappa shape index (κ1) is 13.0. The molecule has 0 aliphatic carbocycles. The Morgan fingerprint density at radius 2 is 2.16 bits per heavy atom. The second-order valence-electron chi connectivity index (χ2n) is 4.74. The Bertz CT molecular complexity index is 472. The van der Waals surface area contributed by atoms with Crippen molar-refractivity contribution in [2.24, 2.45) is 4.99 Å². The van der Waals surface area contributed by atoms with Gasteiger partial charge in [-0.2, -0.15) is 0 Å². The average molecular weight is 278 g/mol. The summed E-state index contributed by atoms with van der Waals surface area (Å²) in [5, 5.41) is 4.38. The van der Waals surface area contributed by atoms with Gasteiger partial charge in [0.1, 0.15) is 0 Å². The van der Waals surface area contributed by atoms with E-state index < -0.39 is 0 Å². The van der Waals surface area contributed by atoms with Gasteiger partial charge < -0.3 is 14.8 Å². The van der Waals surface area contributed by atoms with E-state index in [1.807, 2.05) is 18.2 Å². The summed E-state index contributed by atoms with van der Waals surface area (Å²) in [4.78, 5) is 4.61. The van der Waals surface area contributed by atoms with Crippen molar-refractivity contribution in [3.05, 3.63) is 29.8 Å². The number of amidine groups is 1. The predicted molar refractivity (Wildman–Crippen MR) is 78.7 cm³/mol. The Morgan fingerprint density at radius 3 is 2.95 bits per heavy atom. The Balaban J connectivity index is 1.72. The van der Waals surface area contributed by atoms with Gasteiger partial charge in [-0.3, -0.25) is 4.99 Å². The number of aliphatic imine (C=N–C) groups is 1. The van der Waals surface area contributed by atoms with Gasteiger partial charge in [0.2, 0.25) is 0 Å². The highest BCUT2D eigenvalue weighted by molar-refractivity contribution is 8.14. The summed E-state index contributed by atoms with van der Waals surface area (Å²) in [5.41, 5.74) is 2.09. The highest BCUT2D eigenvalue weighted by Gasteiger charge is 2.18. The van der Waals surface area contributed by atoms with Crippen LogP contribution in [0.25, 0.3) is 0 Å². The van der Waals surface area contributed by atoms with Gasteiger partial charge in [-0.1, -0.05) is 23.9 Å². The number of benzene rings is 1. The van der Waals surface area contributed by atoms with Gasteiger partial charge in [0, 0.05) is 17.0 Å². The molecule has 4 nitrogen and oxygen atoms in total. The third-order valence-electron chi connectivity index (χ3n) is 3.14. The zero-order chi connectivity index (χ0) is 13.1. The van der Waals surface area contributed by atoms with Crippen molar-refractivity contribution >= 4 is 22.6 Å². The van der Waals surface area contributed by atoms with E-state index in [9.17, 15) is 0 Å². The zero-order valence-corrected chi connectivity index (χ0v) is 11.8. The molecule has 1 aromatic rings. The molecular weight excluding hydrogens is 260 g/mol. The summed E-state index contributed by atoms with van der Waals surface area (Å²) in [6.45, 7) is 3.49. The number of rotatable bonds is 2. The quantitative estimate of drug-likeness (QED) is 0.903. The van der Waals surface area contributed by atoms with Crippen molar-refractivity contribution < 1.29 is 9.47 Å². The standard InChI is InChI=1S/C14H18N2O2S/c1-10-5-8-19-14(15-10)16-12-4-2-3-11(9-12)13-17-6-7-18-13/h2-4,9-10,13H,5-8H2,1H3,(H,15,16). The molecule has 0 radical (unpaired) electrons. The second kappa shape index (κ2) is 5.94. The van der Waals surface area contributed by atoms with Crippen molar-refractivity contribution in [1.82, 2.24) is 0 Å². The molecule has 0 spiro atoms. The minimum absolute atomic E-state index is 0.221. The summed E-state index contributed by atoms with van der Waals surface area (Å²) in [7, 11) is 0. The van der Waals surface area contributed by atoms with Gasteiger partial charge in [-0.25, -0.2) is 0 Å². The van der Waals surface area contributed by atoms with Crippen LogP contribution in [0.3, 0.4) is 0 Å². The maximum absolute atomic E-state index is 5.52. The molecule has 1 aromatic carbocycles. The number of nitrogens with zero attached hydrogens (tertiary/aromatic N) is 1. The number of hydrogen-bond donors (Lipinski definition) is 1. The molecule has 0 saturated carbocycles. The Hall–Kier alpha value is -1.04. The van der Waals surface area contributed by atoms with E-state index in [4.69, 9.17) is 9.47 Å². The molecule has 1 fully saturated rings. The SMILES string of the molecule is CC1CCSC(Nc2cccc(C3OCCO3)c2)=N1. The van der Waals surface area contributed by atoms with E-state index in [0.717, 1.165) is 28.6 Å². The fourth-order valence-corrected chi connectivity index (χ4v) is 3.23. The van der Waals surface area contributed by atoms with Gasteiger partial charge in [0.25, 0.3) is 0 Å². The third-order valence-corrected chi connectivity index (χ3v) is 4.06. The first-order chi connectivity index (χ1) is 9.31. The molecule has 2 heterocycles. The highest BCUT2D eigenvalue weighted by atomic mass is 32.2. The van der Waals surface area contributed by atoms with E-state index in [2.05, 4.69) is 23.3 Å². The molecule has 0 amide bonds. The van der Waals surface area contributed by atoms with Crippen LogP contribution in [0.4, 0.5) is 5.69 Å². The predicted octanol–water partition coefficient (Wildman–Crippen LogP) is 3.03. The normalized spacial score (nSPS) is 24.3. The Morgan fingerprint density at radius 1 is 1.32 bits per heavy atom. The van der Waals surface area contributed by atoms with Crippen molar-refractivity contribution in [1.29, 1.82) is 0 Å². The largest absolute Gasteiger partial charge is 0.346 e. The lowest BCUT2D eigenvalue weighted by Crippen LogP contribution is -2.18. The third kappa shape index (κ3) is 3.29. The van der Waals surface area contributed by atoms with Crippen molar-refractivity contribution in [2.45, 2.75) is 25.7 Å². The number of nitrogens with one attached hydrogen (secondary N) is 1. The van der Waals surface area contributed by atoms with Crippen LogP contribution in [0.2, 0.25) is 0 Å². The summed E-state index contributed by atoms with van der Waals surface area (Å²) < 4.78 is 11.0. The van der Waals surface area contributed by atoms with Gasteiger partial charge in [0.15, 0.2) is 11.5 Å². The fourth-order valence-electron chi connectivity index (χ4n) is 2.13. The van der Waals surface area contributed by atoms with Crippen LogP contribution in [0, 0.1) is 0 Å². The van der Waals surface area contributed by atoms with Crippen molar-refractivity contribution in [2.75, 3.05) is 24.3 Å². The van der Waals surface area contributed by atoms with E-state index in [0.29, 0.717) is 19.3 Å². The van der Waals surface area contributed by atoms with Crippen LogP contribution in [-0.4, -0.2) is 30.2 Å². The van der Waals surface area contributed by atoms with E-state index in [1.165, 1.54) is 0 Å². The molecule has 1 unspecified atom stereocenters. The smallest absolute Gasteiger partial charge is 0.184 e. The summed E-state index contributed by atoms with van der Waals surface area (Å²) >= 11 is 1.78. The number of ether oxygens (including phenoxy) is 2. The molecule has 5 heteroatoms. The lowest BCUT2D eigenvalue weighted by Gasteiger charge is -2.18. The topological polar surface area (TPSA) is 42.8 Å². The summed E-state index contributed by atoms with van der Waals surface area (Å²) in [6.07, 6.45) is 0.932. The molecule has 1 atom stereocenters. The van der Waals surface area contributed by atoms with Crippen LogP contribution in [-0.2, 0) is 9.47 Å². The van der Waals surface area contributed by atoms with Crippen LogP contribution >= 0.6 is 11.8 Å². The first-order valence-corrected chi connectivity index (χ1v) is 7.60. The van der Waals surface area contributed by atoms with E-state index in [-0.39, 0.29) is 6.29 Å². The van der Waals surface area contributed by atoms with Crippen LogP contribution in [0.5, 0.6) is 0 Å². The number of thioether (sulfide) groups is 1. The lowest BCUT2D eigenvalue weighted by atomic mass is 10.2. The lowest BCUT2D eigenvalue weighted by molar-refractivity contribution is -0.0440. The van der Waals surface area contributed by atoms with Crippen LogP contribution in [0.1, 0.15) is 25.2 Å². The highest BCUT2D eigenvalue weighted by Crippen LogP contribution is 2.26. The molecule has 2 aliphatic heterocycles. The molecule has 0 bridgehead atoms. The van der Waals surface area contributed by atoms with Crippen LogP contribution < -0.4 is 5.32 Å². The second-order valence-corrected chi connectivity index (χ2v) is 5.83. The van der Waals surface area contributed by atoms with Gasteiger partial charge in [0.05, 0.1) is 19.3 Å². The molecule has 19 heavy (non-hydrogen) atoms. The zero-order valence-electron chi connectivity index (χ0n) is 11.0. The molecule has 0 aromatic heterocycles. The van der Waals surface area contributed by atoms with Crippen LogP contribution in [0.15, 0.2) is 29.3 Å². The van der Waals surface area contributed by atoms with E-state index >= 15 is 0 Å². The Kier molecular flexibility index (Phi) is 4.06. The monoisotopic (exact) mass is 278 g/mol. The molecule has 2 aliphatic rings. The number of hydrogen-bond acceptors (Lipinski definition) is 5. The van der Waals surface area contributed by atoms with Crippen molar-refractivity contribution in [3.8, 4) is 0 Å². The summed E-state index contributed by atoms with van der Waals surface area (Å²) in [5.74, 6) is 1.13. The first-order valence-electron chi connectivity index (χ1n) is 6.62. The number of anilines is 1. The van der Waals surface area contributed by atoms with Gasteiger partial charge >= 0.3 is 0 Å². The molecular formula is C14H18N2O2S. The van der Waals surface area contributed by atoms with Gasteiger partial charge in [-0.05, 0) is 25.5 Å². The average Bonchev–Trinajstić information content (AvgIpc) is 2.93. The minimum Gasteiger partial charge on any atom is -0.346 e. The van der Waals surface area contributed by atoms with Gasteiger partial charge in [-0.15, -0.1) is 0 Å². The molecule has 1 saturated heterocycles. The maximum atomic E-state index is 5.52. The summed E-state index contributed by atoms with van der Waals surface area (Å²) in [6, 6.07) is 8.56. The molecule has 1 N–H and O–H groups in total. The maximum Gasteiger partial charge on any atom is 0.184 e. The Labute approximate surface area is 117 Å². The molecule has 3 rings (SSSR count). The van der Waals surface area contributed by atoms with Crippen molar-refractivity contribution in [3.63, 3.8) is 0 Å².